The molecule has 1 atom stereocenters. The predicted molar refractivity (Wildman–Crippen MR) is 168 cm³/mol. The minimum absolute atomic E-state index is 0.0655. The number of carbonyl (C=O) groups is 1. The highest BCUT2D eigenvalue weighted by Gasteiger charge is 2.32. The molecule has 1 aliphatic heterocycles. The number of nitrogens with two attached hydrogens (primary N) is 1. The lowest BCUT2D eigenvalue weighted by Crippen LogP contribution is -2.31. The molecule has 2 N–H and O–H groups in total. The van der Waals surface area contributed by atoms with Gasteiger partial charge in [0.2, 0.25) is 5.91 Å². The van der Waals surface area contributed by atoms with Crippen LogP contribution in [0.1, 0.15) is 18.2 Å². The third-order valence-corrected chi connectivity index (χ3v) is 7.73. The topological polar surface area (TPSA) is 132 Å². The maximum absolute atomic E-state index is 13.1. The Kier molecular flexibility index (Phi) is 10.2. The normalized spacial score (nSPS) is 15.0. The maximum atomic E-state index is 13.1. The Labute approximate surface area is 257 Å². The number of nitrogen functional groups attached to an aromatic ring is 1. The summed E-state index contributed by atoms with van der Waals surface area (Å²) in [5, 5.41) is 11.1. The summed E-state index contributed by atoms with van der Waals surface area (Å²) in [4.78, 5) is 25.9. The molecule has 2 aromatic heterocycles. The lowest BCUT2D eigenvalue weighted by molar-refractivity contribution is -0.125. The van der Waals surface area contributed by atoms with Gasteiger partial charge in [-0.1, -0.05) is 36.4 Å². The number of para-hydroxylation sites is 1. The third kappa shape index (κ3) is 6.89. The minimum Gasteiger partial charge on any atom is -0.457 e. The van der Waals surface area contributed by atoms with E-state index in [1.54, 1.807) is 20.3 Å². The Hall–Kier alpha value is -4.76. The van der Waals surface area contributed by atoms with Crippen LogP contribution in [0, 0.1) is 11.3 Å². The fraction of sp³-hybridized carbons (Fsp3) is 0.333. The molecule has 11 nitrogen and oxygen atoms in total. The number of likely N-dealkylation sites (tertiary alicyclic amines) is 1. The summed E-state index contributed by atoms with van der Waals surface area (Å²) in [6.07, 6.45) is 5.59. The first-order valence-corrected chi connectivity index (χ1v) is 14.6. The Morgan fingerprint density at radius 3 is 2.45 bits per heavy atom. The van der Waals surface area contributed by atoms with E-state index in [1.807, 2.05) is 70.1 Å². The number of carbonyl (C=O) groups excluding carboxylic acids is 1. The second-order valence-electron chi connectivity index (χ2n) is 10.5. The van der Waals surface area contributed by atoms with Gasteiger partial charge in [0, 0.05) is 58.6 Å². The summed E-state index contributed by atoms with van der Waals surface area (Å²) in [6.45, 7) is 4.34. The molecule has 1 aliphatic rings. The summed E-state index contributed by atoms with van der Waals surface area (Å²) < 4.78 is 18.3. The monoisotopic (exact) mass is 595 g/mol. The molecular weight excluding hydrogens is 558 g/mol. The predicted octanol–water partition coefficient (Wildman–Crippen LogP) is 4.27. The Morgan fingerprint density at radius 1 is 1.07 bits per heavy atom. The highest BCUT2D eigenvalue weighted by Crippen LogP contribution is 2.40. The molecule has 228 valence electrons. The van der Waals surface area contributed by atoms with E-state index in [4.69, 9.17) is 19.9 Å². The Balaban J connectivity index is 1.37. The van der Waals surface area contributed by atoms with Gasteiger partial charge in [-0.2, -0.15) is 5.26 Å². The number of hydrogen-bond donors (Lipinski definition) is 1. The van der Waals surface area contributed by atoms with Crippen molar-refractivity contribution in [2.75, 3.05) is 65.9 Å². The summed E-state index contributed by atoms with van der Waals surface area (Å²) in [5.41, 5.74) is 8.87. The van der Waals surface area contributed by atoms with Gasteiger partial charge in [-0.3, -0.25) is 9.69 Å². The van der Waals surface area contributed by atoms with Gasteiger partial charge in [0.1, 0.15) is 41.1 Å². The number of benzene rings is 2. The molecule has 4 aromatic rings. The zero-order valence-corrected chi connectivity index (χ0v) is 25.1. The molecule has 0 aliphatic carbocycles. The van der Waals surface area contributed by atoms with Crippen molar-refractivity contribution >= 4 is 22.8 Å². The quantitative estimate of drug-likeness (QED) is 0.225. The number of ether oxygens (including phenoxy) is 3. The Morgan fingerprint density at radius 2 is 1.77 bits per heavy atom. The van der Waals surface area contributed by atoms with E-state index in [9.17, 15) is 10.1 Å². The lowest BCUT2D eigenvalue weighted by Gasteiger charge is -2.20. The smallest absolute Gasteiger partial charge is 0.246 e. The van der Waals surface area contributed by atoms with Gasteiger partial charge in [-0.15, -0.1) is 0 Å². The number of rotatable bonds is 13. The third-order valence-electron chi connectivity index (χ3n) is 7.73. The maximum Gasteiger partial charge on any atom is 0.246 e. The molecule has 0 bridgehead atoms. The molecule has 3 heterocycles. The zero-order valence-electron chi connectivity index (χ0n) is 25.1. The summed E-state index contributed by atoms with van der Waals surface area (Å²) in [5.74, 6) is 1.64. The lowest BCUT2D eigenvalue weighted by atomic mass is 10.0. The highest BCUT2D eigenvalue weighted by atomic mass is 16.5. The zero-order chi connectivity index (χ0) is 30.9. The van der Waals surface area contributed by atoms with Gasteiger partial charge in [-0.25, -0.2) is 9.97 Å². The van der Waals surface area contributed by atoms with Crippen LogP contribution < -0.4 is 10.5 Å². The molecule has 1 unspecified atom stereocenters. The van der Waals surface area contributed by atoms with Crippen molar-refractivity contribution < 1.29 is 19.0 Å². The summed E-state index contributed by atoms with van der Waals surface area (Å²) >= 11 is 0. The SMILES string of the molecule is COCCN(C/C=C/C(=O)N1CCC(n2c(C#N)c(-c3ccc(Oc4ccccc4)cc3)c3c(N)ncnc32)C1)CCOC. The van der Waals surface area contributed by atoms with Crippen molar-refractivity contribution in [3.63, 3.8) is 0 Å². The number of anilines is 1. The molecule has 1 fully saturated rings. The van der Waals surface area contributed by atoms with Crippen LogP contribution in [0.2, 0.25) is 0 Å². The molecule has 11 heteroatoms. The molecule has 1 saturated heterocycles. The van der Waals surface area contributed by atoms with Crippen LogP contribution >= 0.6 is 0 Å². The molecule has 0 radical (unpaired) electrons. The van der Waals surface area contributed by atoms with Crippen molar-refractivity contribution in [1.82, 2.24) is 24.3 Å². The highest BCUT2D eigenvalue weighted by molar-refractivity contribution is 6.03. The number of nitriles is 1. The van der Waals surface area contributed by atoms with Gasteiger partial charge in [0.15, 0.2) is 0 Å². The van der Waals surface area contributed by atoms with Gasteiger partial charge in [-0.05, 0) is 36.2 Å². The van der Waals surface area contributed by atoms with E-state index >= 15 is 0 Å². The summed E-state index contributed by atoms with van der Waals surface area (Å²) in [6, 6.07) is 19.3. The van der Waals surface area contributed by atoms with E-state index in [-0.39, 0.29) is 11.9 Å². The van der Waals surface area contributed by atoms with Crippen molar-refractivity contribution in [3.8, 4) is 28.7 Å². The van der Waals surface area contributed by atoms with E-state index < -0.39 is 0 Å². The van der Waals surface area contributed by atoms with Crippen molar-refractivity contribution in [2.45, 2.75) is 12.5 Å². The molecule has 2 aromatic carbocycles. The summed E-state index contributed by atoms with van der Waals surface area (Å²) in [7, 11) is 3.34. The number of aromatic nitrogens is 3. The van der Waals surface area contributed by atoms with Crippen LogP contribution in [0.5, 0.6) is 11.5 Å². The molecule has 5 rings (SSSR count). The van der Waals surface area contributed by atoms with Crippen molar-refractivity contribution in [1.29, 1.82) is 5.26 Å². The van der Waals surface area contributed by atoms with Crippen LogP contribution in [0.4, 0.5) is 5.82 Å². The first kappa shape index (κ1) is 30.7. The average molecular weight is 596 g/mol. The fourth-order valence-electron chi connectivity index (χ4n) is 5.51. The van der Waals surface area contributed by atoms with E-state index in [1.165, 1.54) is 6.33 Å². The fourth-order valence-corrected chi connectivity index (χ4v) is 5.51. The van der Waals surface area contributed by atoms with Crippen molar-refractivity contribution in [2.24, 2.45) is 0 Å². The average Bonchev–Trinajstić information content (AvgIpc) is 3.66. The number of hydrogen-bond acceptors (Lipinski definition) is 9. The first-order valence-electron chi connectivity index (χ1n) is 14.6. The standard InChI is InChI=1S/C33H37N7O4/c1-42-19-17-38(18-20-43-2)15-6-9-29(41)39-16-14-25(22-39)40-28(21-34)30(31-32(35)36-23-37-33(31)40)24-10-12-27(13-11-24)44-26-7-4-3-5-8-26/h3-13,23,25H,14-20,22H2,1-2H3,(H2,35,36,37)/b9-6+. The largest absolute Gasteiger partial charge is 0.457 e. The van der Waals surface area contributed by atoms with Crippen LogP contribution in [0.25, 0.3) is 22.2 Å². The van der Waals surface area contributed by atoms with E-state index in [0.717, 1.165) is 24.4 Å². The first-order chi connectivity index (χ1) is 21.5. The van der Waals surface area contributed by atoms with E-state index in [0.29, 0.717) is 73.1 Å². The number of fused-ring (bicyclic) bond motifs is 1. The van der Waals surface area contributed by atoms with Crippen LogP contribution in [0.15, 0.2) is 73.1 Å². The minimum atomic E-state index is -0.145. The van der Waals surface area contributed by atoms with Gasteiger partial charge < -0.3 is 29.4 Å². The van der Waals surface area contributed by atoms with E-state index in [2.05, 4.69) is 20.9 Å². The van der Waals surface area contributed by atoms with Crippen LogP contribution in [-0.4, -0.2) is 90.4 Å². The molecular formula is C33H37N7O4. The molecule has 1 amide bonds. The molecule has 44 heavy (non-hydrogen) atoms. The van der Waals surface area contributed by atoms with Gasteiger partial charge >= 0.3 is 0 Å². The van der Waals surface area contributed by atoms with Gasteiger partial charge in [0.25, 0.3) is 0 Å². The van der Waals surface area contributed by atoms with Crippen LogP contribution in [-0.2, 0) is 14.3 Å². The number of amides is 1. The van der Waals surface area contributed by atoms with Crippen LogP contribution in [0.3, 0.4) is 0 Å². The second-order valence-corrected chi connectivity index (χ2v) is 10.5. The molecule has 0 saturated carbocycles. The number of nitrogens with zero attached hydrogens (tertiary/aromatic N) is 6. The molecule has 0 spiro atoms. The second kappa shape index (κ2) is 14.6. The number of methoxy groups -OCH3 is 2. The van der Waals surface area contributed by atoms with Crippen molar-refractivity contribution in [3.05, 3.63) is 78.8 Å². The Bertz CT molecular complexity index is 1620. The van der Waals surface area contributed by atoms with Gasteiger partial charge in [0.05, 0.1) is 24.6 Å².